The molecule has 0 saturated heterocycles. The standard InChI is InChI=1S/C26H22N4/c1-2-30-18-17-27-25(28-23-15-7-11-19-9-3-5-13-21(19)23)26(30)29-24-16-8-12-20-10-4-6-14-22(20)24/h3-17H,2,18H2,1H3. The molecule has 0 aliphatic carbocycles. The van der Waals surface area contributed by atoms with Gasteiger partial charge in [-0.25, -0.2) is 15.0 Å². The molecule has 1 aliphatic heterocycles. The molecule has 4 heteroatoms. The Morgan fingerprint density at radius 1 is 0.733 bits per heavy atom. The number of aliphatic imine (C=N–C) groups is 3. The van der Waals surface area contributed by atoms with Crippen LogP contribution in [0.15, 0.2) is 99.9 Å². The molecule has 0 N–H and O–H groups in total. The summed E-state index contributed by atoms with van der Waals surface area (Å²) in [6.45, 7) is 3.70. The summed E-state index contributed by atoms with van der Waals surface area (Å²) in [7, 11) is 0. The molecule has 0 saturated carbocycles. The quantitative estimate of drug-likeness (QED) is 0.413. The van der Waals surface area contributed by atoms with Gasteiger partial charge in [-0.1, -0.05) is 72.8 Å². The molecule has 1 heterocycles. The minimum atomic E-state index is 0.646. The van der Waals surface area contributed by atoms with Gasteiger partial charge in [0.1, 0.15) is 0 Å². The summed E-state index contributed by atoms with van der Waals surface area (Å²) in [5, 5.41) is 4.58. The third-order valence-corrected chi connectivity index (χ3v) is 5.38. The summed E-state index contributed by atoms with van der Waals surface area (Å²) in [4.78, 5) is 16.8. The Kier molecular flexibility index (Phi) is 4.81. The van der Waals surface area contributed by atoms with E-state index in [1.165, 1.54) is 10.8 Å². The van der Waals surface area contributed by atoms with Crippen LogP contribution in [0.3, 0.4) is 0 Å². The Bertz CT molecular complexity index is 1310. The van der Waals surface area contributed by atoms with Crippen LogP contribution in [0.2, 0.25) is 0 Å². The van der Waals surface area contributed by atoms with Crippen molar-refractivity contribution < 1.29 is 0 Å². The average molecular weight is 390 g/mol. The number of likely N-dealkylation sites (N-methyl/N-ethyl adjacent to an activating group) is 1. The number of benzene rings is 4. The number of hydrogen-bond donors (Lipinski definition) is 0. The highest BCUT2D eigenvalue weighted by atomic mass is 15.2. The molecule has 0 amide bonds. The molecular weight excluding hydrogens is 368 g/mol. The van der Waals surface area contributed by atoms with E-state index in [-0.39, 0.29) is 0 Å². The van der Waals surface area contributed by atoms with Crippen molar-refractivity contribution in [3.8, 4) is 0 Å². The molecule has 0 bridgehead atoms. The Morgan fingerprint density at radius 2 is 1.30 bits per heavy atom. The molecule has 5 rings (SSSR count). The zero-order valence-corrected chi connectivity index (χ0v) is 16.9. The van der Waals surface area contributed by atoms with Gasteiger partial charge < -0.3 is 4.90 Å². The third-order valence-electron chi connectivity index (χ3n) is 5.38. The molecular formula is C26H22N4. The van der Waals surface area contributed by atoms with E-state index in [0.29, 0.717) is 5.84 Å². The highest BCUT2D eigenvalue weighted by Crippen LogP contribution is 2.29. The molecule has 4 aromatic carbocycles. The van der Waals surface area contributed by atoms with Crippen molar-refractivity contribution in [1.82, 2.24) is 4.90 Å². The van der Waals surface area contributed by atoms with Crippen molar-refractivity contribution in [2.75, 3.05) is 13.1 Å². The van der Waals surface area contributed by atoms with Crippen molar-refractivity contribution in [2.24, 2.45) is 15.0 Å². The Labute approximate surface area is 175 Å². The maximum Gasteiger partial charge on any atom is 0.195 e. The summed E-state index contributed by atoms with van der Waals surface area (Å²) in [5.74, 6) is 1.46. The fourth-order valence-corrected chi connectivity index (χ4v) is 3.83. The lowest BCUT2D eigenvalue weighted by Gasteiger charge is -2.26. The van der Waals surface area contributed by atoms with Gasteiger partial charge in [0, 0.05) is 23.5 Å². The van der Waals surface area contributed by atoms with Crippen molar-refractivity contribution >= 4 is 50.8 Å². The van der Waals surface area contributed by atoms with E-state index in [4.69, 9.17) is 9.98 Å². The van der Waals surface area contributed by atoms with Gasteiger partial charge >= 0.3 is 0 Å². The van der Waals surface area contributed by atoms with E-state index < -0.39 is 0 Å². The smallest absolute Gasteiger partial charge is 0.195 e. The summed E-state index contributed by atoms with van der Waals surface area (Å²) < 4.78 is 0. The summed E-state index contributed by atoms with van der Waals surface area (Å²) >= 11 is 0. The van der Waals surface area contributed by atoms with E-state index >= 15 is 0 Å². The highest BCUT2D eigenvalue weighted by Gasteiger charge is 2.20. The van der Waals surface area contributed by atoms with Crippen molar-refractivity contribution in [3.63, 3.8) is 0 Å². The van der Waals surface area contributed by atoms with E-state index in [9.17, 15) is 0 Å². The first-order valence-corrected chi connectivity index (χ1v) is 10.2. The zero-order valence-electron chi connectivity index (χ0n) is 16.9. The fourth-order valence-electron chi connectivity index (χ4n) is 3.83. The van der Waals surface area contributed by atoms with Gasteiger partial charge in [-0.3, -0.25) is 0 Å². The van der Waals surface area contributed by atoms with Gasteiger partial charge in [0.15, 0.2) is 11.7 Å². The minimum Gasteiger partial charge on any atom is -0.348 e. The van der Waals surface area contributed by atoms with E-state index in [1.54, 1.807) is 0 Å². The Hall–Kier alpha value is -3.79. The molecule has 0 atom stereocenters. The van der Waals surface area contributed by atoms with E-state index in [2.05, 4.69) is 65.3 Å². The molecule has 0 spiro atoms. The van der Waals surface area contributed by atoms with Crippen LogP contribution >= 0.6 is 0 Å². The molecule has 0 fully saturated rings. The van der Waals surface area contributed by atoms with E-state index in [0.717, 1.165) is 41.1 Å². The second kappa shape index (κ2) is 7.91. The second-order valence-electron chi connectivity index (χ2n) is 7.22. The first-order chi connectivity index (χ1) is 14.8. The van der Waals surface area contributed by atoms with Crippen LogP contribution in [0.4, 0.5) is 11.4 Å². The zero-order chi connectivity index (χ0) is 20.3. The van der Waals surface area contributed by atoms with Crippen LogP contribution in [-0.2, 0) is 0 Å². The molecule has 1 aliphatic rings. The lowest BCUT2D eigenvalue weighted by molar-refractivity contribution is 0.507. The number of fused-ring (bicyclic) bond motifs is 2. The SMILES string of the molecule is CCN1CC=NC(=Nc2cccc3ccccc23)C1=Nc1cccc2ccccc12. The van der Waals surface area contributed by atoms with Gasteiger partial charge in [-0.2, -0.15) is 0 Å². The van der Waals surface area contributed by atoms with Gasteiger partial charge in [-0.15, -0.1) is 0 Å². The van der Waals surface area contributed by atoms with Crippen LogP contribution in [0.5, 0.6) is 0 Å². The first-order valence-electron chi connectivity index (χ1n) is 10.2. The summed E-state index contributed by atoms with van der Waals surface area (Å²) in [5.41, 5.74) is 1.84. The van der Waals surface area contributed by atoms with Gasteiger partial charge in [0.25, 0.3) is 0 Å². The number of nitrogens with zero attached hydrogens (tertiary/aromatic N) is 4. The van der Waals surface area contributed by atoms with Crippen LogP contribution in [0.25, 0.3) is 21.5 Å². The van der Waals surface area contributed by atoms with Gasteiger partial charge in [-0.05, 0) is 29.8 Å². The predicted molar refractivity (Wildman–Crippen MR) is 128 cm³/mol. The van der Waals surface area contributed by atoms with Gasteiger partial charge in [0.2, 0.25) is 0 Å². The van der Waals surface area contributed by atoms with Crippen molar-refractivity contribution in [3.05, 3.63) is 84.9 Å². The lowest BCUT2D eigenvalue weighted by Crippen LogP contribution is -2.40. The van der Waals surface area contributed by atoms with Crippen molar-refractivity contribution in [1.29, 1.82) is 0 Å². The molecule has 0 aromatic heterocycles. The Morgan fingerprint density at radius 3 is 1.93 bits per heavy atom. The monoisotopic (exact) mass is 390 g/mol. The van der Waals surface area contributed by atoms with Crippen molar-refractivity contribution in [2.45, 2.75) is 6.92 Å². The average Bonchev–Trinajstić information content (AvgIpc) is 2.80. The summed E-state index contributed by atoms with van der Waals surface area (Å²) in [6.07, 6.45) is 1.91. The Balaban J connectivity index is 1.68. The van der Waals surface area contributed by atoms with Crippen LogP contribution in [0.1, 0.15) is 6.92 Å². The topological polar surface area (TPSA) is 40.3 Å². The van der Waals surface area contributed by atoms with Crippen LogP contribution in [0, 0.1) is 0 Å². The maximum atomic E-state index is 5.05. The normalized spacial score (nSPS) is 16.8. The number of hydrogen-bond acceptors (Lipinski definition) is 2. The molecule has 4 nitrogen and oxygen atoms in total. The summed E-state index contributed by atoms with van der Waals surface area (Å²) in [6, 6.07) is 29.0. The molecule has 4 aromatic rings. The molecule has 0 unspecified atom stereocenters. The highest BCUT2D eigenvalue weighted by molar-refractivity contribution is 6.44. The molecule has 146 valence electrons. The molecule has 30 heavy (non-hydrogen) atoms. The lowest BCUT2D eigenvalue weighted by atomic mass is 10.1. The largest absolute Gasteiger partial charge is 0.348 e. The van der Waals surface area contributed by atoms with Crippen LogP contribution in [-0.4, -0.2) is 35.9 Å². The minimum absolute atomic E-state index is 0.646. The third kappa shape index (κ3) is 3.37. The molecule has 0 radical (unpaired) electrons. The van der Waals surface area contributed by atoms with Crippen LogP contribution < -0.4 is 0 Å². The predicted octanol–water partition coefficient (Wildman–Crippen LogP) is 6.16. The second-order valence-corrected chi connectivity index (χ2v) is 7.22. The van der Waals surface area contributed by atoms with E-state index in [1.807, 2.05) is 42.6 Å². The fraction of sp³-hybridized carbons (Fsp3) is 0.115. The number of amidine groups is 2. The first kappa shape index (κ1) is 18.3. The maximum absolute atomic E-state index is 5.05. The van der Waals surface area contributed by atoms with Gasteiger partial charge in [0.05, 0.1) is 17.9 Å². The number of rotatable bonds is 3.